The second kappa shape index (κ2) is 5.56. The third-order valence-electron chi connectivity index (χ3n) is 2.06. The van der Waals surface area contributed by atoms with Crippen molar-refractivity contribution < 1.29 is 4.74 Å². The number of nitrogens with two attached hydrogens (primary N) is 1. The fraction of sp³-hybridized carbons (Fsp3) is 0.400. The first kappa shape index (κ1) is 12.6. The number of hydrogen-bond donors (Lipinski definition) is 2. The average molecular weight is 249 g/mol. The van der Waals surface area contributed by atoms with Crippen LogP contribution in [-0.4, -0.2) is 20.7 Å². The molecule has 0 amide bonds. The Morgan fingerprint density at radius 2 is 2.13 bits per heavy atom. The van der Waals surface area contributed by atoms with Crippen LogP contribution < -0.4 is 15.8 Å². The van der Waals surface area contributed by atoms with Gasteiger partial charge in [-0.1, -0.05) is 23.2 Å². The van der Waals surface area contributed by atoms with Crippen LogP contribution >= 0.6 is 23.2 Å². The first-order valence-electron chi connectivity index (χ1n) is 4.53. The van der Waals surface area contributed by atoms with E-state index in [4.69, 9.17) is 33.7 Å². The molecular formula is C10H14Cl2N2O. The fourth-order valence-electron chi connectivity index (χ4n) is 1.40. The zero-order chi connectivity index (χ0) is 11.4. The smallest absolute Gasteiger partial charge is 0.142 e. The Morgan fingerprint density at radius 1 is 1.47 bits per heavy atom. The Morgan fingerprint density at radius 3 is 2.67 bits per heavy atom. The van der Waals surface area contributed by atoms with E-state index in [0.717, 1.165) is 5.56 Å². The molecule has 0 aliphatic carbocycles. The van der Waals surface area contributed by atoms with Gasteiger partial charge in [-0.3, -0.25) is 0 Å². The van der Waals surface area contributed by atoms with Crippen LogP contribution in [0, 0.1) is 0 Å². The van der Waals surface area contributed by atoms with Crippen LogP contribution in [0.25, 0.3) is 0 Å². The van der Waals surface area contributed by atoms with Crippen molar-refractivity contribution in [2.24, 2.45) is 5.73 Å². The summed E-state index contributed by atoms with van der Waals surface area (Å²) in [7, 11) is 3.39. The van der Waals surface area contributed by atoms with Gasteiger partial charge in [-0.05, 0) is 19.2 Å². The second-order valence-corrected chi connectivity index (χ2v) is 4.02. The monoisotopic (exact) mass is 248 g/mol. The Labute approximate surface area is 99.5 Å². The molecule has 0 aromatic heterocycles. The molecule has 1 rings (SSSR count). The summed E-state index contributed by atoms with van der Waals surface area (Å²) in [5.74, 6) is 0.587. The van der Waals surface area contributed by atoms with E-state index in [2.05, 4.69) is 5.32 Å². The summed E-state index contributed by atoms with van der Waals surface area (Å²) in [5, 5.41) is 4.03. The molecule has 0 radical (unpaired) electrons. The number of hydrogen-bond acceptors (Lipinski definition) is 3. The van der Waals surface area contributed by atoms with Gasteiger partial charge < -0.3 is 15.8 Å². The molecule has 1 unspecified atom stereocenters. The molecule has 5 heteroatoms. The van der Waals surface area contributed by atoms with Crippen molar-refractivity contribution in [1.29, 1.82) is 0 Å². The number of ether oxygens (including phenoxy) is 1. The Hall–Kier alpha value is -0.480. The van der Waals surface area contributed by atoms with Gasteiger partial charge in [0.25, 0.3) is 0 Å². The summed E-state index contributed by atoms with van der Waals surface area (Å²) in [6.45, 7) is 0.632. The maximum absolute atomic E-state index is 5.99. The number of rotatable bonds is 4. The second-order valence-electron chi connectivity index (χ2n) is 3.17. The van der Waals surface area contributed by atoms with Crippen LogP contribution in [0.1, 0.15) is 11.6 Å². The minimum absolute atomic E-state index is 0.193. The lowest BCUT2D eigenvalue weighted by molar-refractivity contribution is 0.405. The third-order valence-corrected chi connectivity index (χ3v) is 2.56. The fourth-order valence-corrected chi connectivity index (χ4v) is 1.99. The molecule has 1 aromatic carbocycles. The largest absolute Gasteiger partial charge is 0.495 e. The summed E-state index contributed by atoms with van der Waals surface area (Å²) < 4.78 is 5.20. The highest BCUT2D eigenvalue weighted by Gasteiger charge is 2.15. The van der Waals surface area contributed by atoms with Gasteiger partial charge in [0.1, 0.15) is 5.75 Å². The van der Waals surface area contributed by atoms with Gasteiger partial charge in [-0.15, -0.1) is 0 Å². The lowest BCUT2D eigenvalue weighted by atomic mass is 10.1. The van der Waals surface area contributed by atoms with Crippen LogP contribution in [0.4, 0.5) is 0 Å². The molecule has 0 bridgehead atoms. The molecule has 0 aliphatic rings. The first-order chi connectivity index (χ1) is 7.10. The van der Waals surface area contributed by atoms with Crippen molar-refractivity contribution in [2.75, 3.05) is 20.7 Å². The number of methoxy groups -OCH3 is 1. The lowest BCUT2D eigenvalue weighted by Crippen LogP contribution is -2.24. The maximum atomic E-state index is 5.99. The summed E-state index contributed by atoms with van der Waals surface area (Å²) in [6.07, 6.45) is 0. The van der Waals surface area contributed by atoms with Crippen LogP contribution in [0.5, 0.6) is 5.75 Å². The van der Waals surface area contributed by atoms with Crippen molar-refractivity contribution in [1.82, 2.24) is 5.32 Å². The van der Waals surface area contributed by atoms with E-state index in [-0.39, 0.29) is 6.04 Å². The van der Waals surface area contributed by atoms with Crippen LogP contribution in [-0.2, 0) is 0 Å². The number of benzene rings is 1. The maximum Gasteiger partial charge on any atom is 0.142 e. The Balaban J connectivity index is 3.13. The highest BCUT2D eigenvalue weighted by molar-refractivity contribution is 6.35. The normalized spacial score (nSPS) is 12.6. The van der Waals surface area contributed by atoms with Gasteiger partial charge in [0, 0.05) is 23.2 Å². The van der Waals surface area contributed by atoms with E-state index in [1.807, 2.05) is 7.05 Å². The highest BCUT2D eigenvalue weighted by Crippen LogP contribution is 2.34. The molecule has 0 saturated heterocycles. The number of nitrogens with one attached hydrogen (secondary N) is 1. The van der Waals surface area contributed by atoms with Crippen molar-refractivity contribution in [3.05, 3.63) is 27.7 Å². The molecule has 0 aliphatic heterocycles. The van der Waals surface area contributed by atoms with Crippen LogP contribution in [0.3, 0.4) is 0 Å². The molecular weight excluding hydrogens is 235 g/mol. The van der Waals surface area contributed by atoms with Crippen molar-refractivity contribution in [3.8, 4) is 5.75 Å². The minimum Gasteiger partial charge on any atom is -0.495 e. The summed E-state index contributed by atoms with van der Waals surface area (Å²) in [6, 6.07) is 3.22. The molecule has 84 valence electrons. The summed E-state index contributed by atoms with van der Waals surface area (Å²) >= 11 is 11.9. The van der Waals surface area contributed by atoms with E-state index in [9.17, 15) is 0 Å². The van der Waals surface area contributed by atoms with E-state index < -0.39 is 0 Å². The van der Waals surface area contributed by atoms with Gasteiger partial charge in [0.15, 0.2) is 0 Å². The summed E-state index contributed by atoms with van der Waals surface area (Å²) in [4.78, 5) is 0. The highest BCUT2D eigenvalue weighted by atomic mass is 35.5. The van der Waals surface area contributed by atoms with Crippen molar-refractivity contribution in [3.63, 3.8) is 0 Å². The molecule has 0 saturated carbocycles. The Bertz CT molecular complexity index is 344. The van der Waals surface area contributed by atoms with E-state index in [0.29, 0.717) is 22.3 Å². The topological polar surface area (TPSA) is 47.3 Å². The molecule has 3 nitrogen and oxygen atoms in total. The molecule has 0 spiro atoms. The van der Waals surface area contributed by atoms with E-state index >= 15 is 0 Å². The zero-order valence-corrected chi connectivity index (χ0v) is 10.2. The quantitative estimate of drug-likeness (QED) is 0.860. The van der Waals surface area contributed by atoms with Gasteiger partial charge in [-0.25, -0.2) is 0 Å². The van der Waals surface area contributed by atoms with Crippen LogP contribution in [0.2, 0.25) is 10.0 Å². The third kappa shape index (κ3) is 2.98. The number of likely N-dealkylation sites (N-methyl/N-ethyl adjacent to an activating group) is 1. The number of halogens is 2. The van der Waals surface area contributed by atoms with Gasteiger partial charge in [0.05, 0.1) is 12.1 Å². The standard InChI is InChI=1S/C10H14Cl2N2O/c1-14-5-9(13)7-3-6(11)4-8(12)10(7)15-2/h3-4,9,14H,5,13H2,1-2H3. The molecule has 0 fully saturated rings. The first-order valence-corrected chi connectivity index (χ1v) is 5.28. The Kier molecular flexibility index (Phi) is 4.67. The predicted octanol–water partition coefficient (Wildman–Crippen LogP) is 2.22. The van der Waals surface area contributed by atoms with E-state index in [1.54, 1.807) is 19.2 Å². The molecule has 15 heavy (non-hydrogen) atoms. The zero-order valence-electron chi connectivity index (χ0n) is 8.68. The molecule has 1 atom stereocenters. The van der Waals surface area contributed by atoms with Gasteiger partial charge in [0.2, 0.25) is 0 Å². The predicted molar refractivity (Wildman–Crippen MR) is 63.9 cm³/mol. The van der Waals surface area contributed by atoms with Crippen LogP contribution in [0.15, 0.2) is 12.1 Å². The SMILES string of the molecule is CNCC(N)c1cc(Cl)cc(Cl)c1OC. The molecule has 0 heterocycles. The molecule has 3 N–H and O–H groups in total. The van der Waals surface area contributed by atoms with Crippen molar-refractivity contribution in [2.45, 2.75) is 6.04 Å². The van der Waals surface area contributed by atoms with Gasteiger partial charge >= 0.3 is 0 Å². The summed E-state index contributed by atoms with van der Waals surface area (Å²) in [5.41, 5.74) is 6.77. The van der Waals surface area contributed by atoms with E-state index in [1.165, 1.54) is 0 Å². The average Bonchev–Trinajstić information content (AvgIpc) is 2.17. The van der Waals surface area contributed by atoms with Gasteiger partial charge in [-0.2, -0.15) is 0 Å². The van der Waals surface area contributed by atoms with Crippen molar-refractivity contribution >= 4 is 23.2 Å². The minimum atomic E-state index is -0.193. The molecule has 1 aromatic rings. The lowest BCUT2D eigenvalue weighted by Gasteiger charge is -2.16.